The zero-order valence-corrected chi connectivity index (χ0v) is 18.1. The Bertz CT molecular complexity index is 808. The minimum Gasteiger partial charge on any atom is -0.355 e. The number of nitrogens with zero attached hydrogens (tertiary/aromatic N) is 1. The van der Waals surface area contributed by atoms with Gasteiger partial charge in [0.25, 0.3) is 5.76 Å². The maximum absolute atomic E-state index is 12.4. The highest BCUT2D eigenvalue weighted by molar-refractivity contribution is 7.99. The first-order valence-electron chi connectivity index (χ1n) is 9.87. The van der Waals surface area contributed by atoms with E-state index in [4.69, 9.17) is 0 Å². The number of nitrogens with one attached hydrogen (secondary N) is 2. The Hall–Kier alpha value is -1.97. The van der Waals surface area contributed by atoms with E-state index in [1.807, 2.05) is 16.3 Å². The predicted octanol–water partition coefficient (Wildman–Crippen LogP) is 4.07. The molecular weight excluding hydrogens is 428 g/mol. The summed E-state index contributed by atoms with van der Waals surface area (Å²) in [6.45, 7) is 2.29. The Labute approximate surface area is 183 Å². The Morgan fingerprint density at radius 1 is 1.17 bits per heavy atom. The molecule has 2 N–H and O–H groups in total. The lowest BCUT2D eigenvalue weighted by atomic mass is 9.96. The Morgan fingerprint density at radius 2 is 1.90 bits per heavy atom. The second-order valence-corrected chi connectivity index (χ2v) is 9.22. The zero-order valence-electron chi connectivity index (χ0n) is 16.5. The van der Waals surface area contributed by atoms with Gasteiger partial charge in [-0.15, -0.1) is 11.3 Å². The van der Waals surface area contributed by atoms with Gasteiger partial charge in [0.15, 0.2) is 0 Å². The van der Waals surface area contributed by atoms with Crippen LogP contribution in [0.25, 0.3) is 0 Å². The van der Waals surface area contributed by atoms with Gasteiger partial charge in [0, 0.05) is 27.9 Å². The highest BCUT2D eigenvalue weighted by atomic mass is 32.2. The van der Waals surface area contributed by atoms with Crippen molar-refractivity contribution in [2.75, 3.05) is 31.5 Å². The summed E-state index contributed by atoms with van der Waals surface area (Å²) in [6.07, 6.45) is 2.32. The second-order valence-electron chi connectivity index (χ2n) is 7.12. The van der Waals surface area contributed by atoms with Crippen molar-refractivity contribution in [2.24, 2.45) is 5.92 Å². The van der Waals surface area contributed by atoms with E-state index in [0.29, 0.717) is 42.0 Å². The summed E-state index contributed by atoms with van der Waals surface area (Å²) < 4.78 is 24.7. The van der Waals surface area contributed by atoms with E-state index in [9.17, 15) is 18.4 Å². The standard InChI is InChI=1S/C21H25F2N3O2S2/c22-21(23)30-18-5-3-16(4-6-18)25-19(27)14-26-11-8-15(9-12-26)20(28)24-10-7-17-2-1-13-29-17/h1-6,13,15,21H,7-12,14H2,(H,24,28)(H,25,27). The molecule has 162 valence electrons. The fourth-order valence-corrected chi connectivity index (χ4v) is 4.59. The van der Waals surface area contributed by atoms with Crippen LogP contribution < -0.4 is 10.6 Å². The number of benzene rings is 1. The molecular formula is C21H25F2N3O2S2. The number of halogens is 2. The number of amides is 2. The van der Waals surface area contributed by atoms with Gasteiger partial charge in [-0.05, 0) is 68.1 Å². The molecule has 0 unspecified atom stereocenters. The molecule has 9 heteroatoms. The van der Waals surface area contributed by atoms with Gasteiger partial charge in [-0.1, -0.05) is 17.8 Å². The number of piperidine rings is 1. The maximum Gasteiger partial charge on any atom is 0.288 e. The molecule has 0 saturated carbocycles. The van der Waals surface area contributed by atoms with Gasteiger partial charge >= 0.3 is 0 Å². The molecule has 1 aliphatic heterocycles. The first kappa shape index (κ1) is 22.7. The van der Waals surface area contributed by atoms with E-state index in [-0.39, 0.29) is 24.3 Å². The summed E-state index contributed by atoms with van der Waals surface area (Å²) in [5.41, 5.74) is 0.582. The summed E-state index contributed by atoms with van der Waals surface area (Å²) >= 11 is 2.17. The summed E-state index contributed by atoms with van der Waals surface area (Å²) in [5, 5.41) is 7.84. The molecule has 1 aromatic carbocycles. The van der Waals surface area contributed by atoms with Gasteiger partial charge in [-0.25, -0.2) is 0 Å². The van der Waals surface area contributed by atoms with Gasteiger partial charge in [-0.3, -0.25) is 14.5 Å². The van der Waals surface area contributed by atoms with E-state index >= 15 is 0 Å². The maximum atomic E-state index is 12.4. The molecule has 2 amide bonds. The molecule has 0 radical (unpaired) electrons. The van der Waals surface area contributed by atoms with Crippen molar-refractivity contribution in [3.05, 3.63) is 46.7 Å². The van der Waals surface area contributed by atoms with Crippen molar-refractivity contribution >= 4 is 40.6 Å². The van der Waals surface area contributed by atoms with Crippen molar-refractivity contribution in [1.82, 2.24) is 10.2 Å². The third kappa shape index (κ3) is 7.37. The molecule has 0 atom stereocenters. The summed E-state index contributed by atoms with van der Waals surface area (Å²) in [7, 11) is 0. The topological polar surface area (TPSA) is 61.4 Å². The summed E-state index contributed by atoms with van der Waals surface area (Å²) in [4.78, 5) is 28.3. The molecule has 3 rings (SSSR count). The molecule has 0 aliphatic carbocycles. The number of thioether (sulfide) groups is 1. The van der Waals surface area contributed by atoms with Gasteiger partial charge < -0.3 is 10.6 Å². The number of alkyl halides is 2. The van der Waals surface area contributed by atoms with Crippen molar-refractivity contribution in [3.8, 4) is 0 Å². The smallest absolute Gasteiger partial charge is 0.288 e. The molecule has 1 saturated heterocycles. The van der Waals surface area contributed by atoms with E-state index in [1.165, 1.54) is 4.88 Å². The lowest BCUT2D eigenvalue weighted by molar-refractivity contribution is -0.126. The SMILES string of the molecule is O=C(CN1CCC(C(=O)NCCc2cccs2)CC1)Nc1ccc(SC(F)F)cc1. The Kier molecular flexibility index (Phi) is 8.65. The molecule has 5 nitrogen and oxygen atoms in total. The molecule has 0 bridgehead atoms. The van der Waals surface area contributed by atoms with Crippen LogP contribution in [-0.2, 0) is 16.0 Å². The van der Waals surface area contributed by atoms with Crippen LogP contribution in [-0.4, -0.2) is 48.7 Å². The fraction of sp³-hybridized carbons (Fsp3) is 0.429. The number of carbonyl (C=O) groups is 2. The van der Waals surface area contributed by atoms with Crippen molar-refractivity contribution in [2.45, 2.75) is 29.9 Å². The Morgan fingerprint density at radius 3 is 2.53 bits per heavy atom. The third-order valence-corrected chi connectivity index (χ3v) is 6.60. The van der Waals surface area contributed by atoms with Gasteiger partial charge in [0.2, 0.25) is 11.8 Å². The fourth-order valence-electron chi connectivity index (χ4n) is 3.38. The number of thiophene rings is 1. The van der Waals surface area contributed by atoms with Crippen LogP contribution in [0.3, 0.4) is 0 Å². The van der Waals surface area contributed by atoms with Gasteiger partial charge in [0.1, 0.15) is 0 Å². The number of hydrogen-bond donors (Lipinski definition) is 2. The van der Waals surface area contributed by atoms with Crippen LogP contribution in [0.15, 0.2) is 46.7 Å². The third-order valence-electron chi connectivity index (χ3n) is 4.94. The average molecular weight is 454 g/mol. The predicted molar refractivity (Wildman–Crippen MR) is 117 cm³/mol. The largest absolute Gasteiger partial charge is 0.355 e. The quantitative estimate of drug-likeness (QED) is 0.562. The van der Waals surface area contributed by atoms with Crippen LogP contribution in [0.5, 0.6) is 0 Å². The van der Waals surface area contributed by atoms with Gasteiger partial charge in [-0.2, -0.15) is 8.78 Å². The highest BCUT2D eigenvalue weighted by Gasteiger charge is 2.25. The normalized spacial score (nSPS) is 15.3. The van der Waals surface area contributed by atoms with E-state index in [1.54, 1.807) is 35.6 Å². The molecule has 2 heterocycles. The Balaban J connectivity index is 1.34. The summed E-state index contributed by atoms with van der Waals surface area (Å²) in [6, 6.07) is 10.4. The van der Waals surface area contributed by atoms with Crippen molar-refractivity contribution in [1.29, 1.82) is 0 Å². The molecule has 1 aromatic heterocycles. The number of anilines is 1. The van der Waals surface area contributed by atoms with Crippen LogP contribution in [0.1, 0.15) is 17.7 Å². The molecule has 2 aromatic rings. The number of rotatable bonds is 9. The minimum absolute atomic E-state index is 0.00692. The number of carbonyl (C=O) groups excluding carboxylic acids is 2. The first-order valence-corrected chi connectivity index (χ1v) is 11.6. The zero-order chi connectivity index (χ0) is 21.3. The van der Waals surface area contributed by atoms with Crippen LogP contribution in [0.2, 0.25) is 0 Å². The molecule has 0 spiro atoms. The molecule has 1 fully saturated rings. The van der Waals surface area contributed by atoms with E-state index in [0.717, 1.165) is 19.3 Å². The van der Waals surface area contributed by atoms with Crippen molar-refractivity contribution in [3.63, 3.8) is 0 Å². The summed E-state index contributed by atoms with van der Waals surface area (Å²) in [5.74, 6) is -2.52. The van der Waals surface area contributed by atoms with Gasteiger partial charge in [0.05, 0.1) is 6.54 Å². The lowest BCUT2D eigenvalue weighted by Crippen LogP contribution is -2.43. The highest BCUT2D eigenvalue weighted by Crippen LogP contribution is 2.26. The van der Waals surface area contributed by atoms with Crippen LogP contribution in [0, 0.1) is 5.92 Å². The van der Waals surface area contributed by atoms with Crippen molar-refractivity contribution < 1.29 is 18.4 Å². The second kappa shape index (κ2) is 11.4. The molecule has 30 heavy (non-hydrogen) atoms. The monoisotopic (exact) mass is 453 g/mol. The minimum atomic E-state index is -2.46. The first-order chi connectivity index (χ1) is 14.5. The van der Waals surface area contributed by atoms with Crippen LogP contribution in [0.4, 0.5) is 14.5 Å². The number of hydrogen-bond acceptors (Lipinski definition) is 5. The number of likely N-dealkylation sites (tertiary alicyclic amines) is 1. The molecule has 1 aliphatic rings. The average Bonchev–Trinajstić information content (AvgIpc) is 3.23. The lowest BCUT2D eigenvalue weighted by Gasteiger charge is -2.30. The van der Waals surface area contributed by atoms with E-state index < -0.39 is 5.76 Å². The van der Waals surface area contributed by atoms with Crippen LogP contribution >= 0.6 is 23.1 Å². The van der Waals surface area contributed by atoms with E-state index in [2.05, 4.69) is 16.7 Å².